The number of methoxy groups -OCH3 is 1. The summed E-state index contributed by atoms with van der Waals surface area (Å²) in [4.78, 5) is 0.00547. The first-order valence-electron chi connectivity index (χ1n) is 4.73. The van der Waals surface area contributed by atoms with Gasteiger partial charge in [0.05, 0.1) is 23.2 Å². The Morgan fingerprint density at radius 1 is 1.38 bits per heavy atom. The van der Waals surface area contributed by atoms with Gasteiger partial charge in [-0.3, -0.25) is 0 Å². The van der Waals surface area contributed by atoms with Gasteiger partial charge in [0.15, 0.2) is 0 Å². The third kappa shape index (κ3) is 2.25. The fourth-order valence-corrected chi connectivity index (χ4v) is 2.25. The molecule has 1 heterocycles. The average Bonchev–Trinajstić information content (AvgIpc) is 2.81. The molecule has 0 amide bonds. The smallest absolute Gasteiger partial charge is 0.137 e. The Labute approximate surface area is 107 Å². The van der Waals surface area contributed by atoms with Crippen LogP contribution in [-0.4, -0.2) is 7.11 Å². The summed E-state index contributed by atoms with van der Waals surface area (Å²) in [7, 11) is 1.60. The topological polar surface area (TPSA) is 22.4 Å². The second-order valence-corrected chi connectivity index (χ2v) is 4.59. The zero-order valence-corrected chi connectivity index (χ0v) is 11.0. The molecule has 1 unspecified atom stereocenters. The molecule has 1 aromatic carbocycles. The Morgan fingerprint density at radius 3 is 2.75 bits per heavy atom. The minimum absolute atomic E-state index is 0.00547. The zero-order valence-electron chi connectivity index (χ0n) is 8.61. The molecule has 1 atom stereocenters. The minimum Gasteiger partial charge on any atom is -0.495 e. The van der Waals surface area contributed by atoms with E-state index in [9.17, 15) is 0 Å². The lowest BCUT2D eigenvalue weighted by molar-refractivity contribution is 0.415. The summed E-state index contributed by atoms with van der Waals surface area (Å²) in [6.45, 7) is 0. The molecule has 0 aliphatic heterocycles. The summed E-state index contributed by atoms with van der Waals surface area (Å²) in [5, 5.41) is 0.594. The molecule has 0 spiro atoms. The minimum atomic E-state index is 0.00547. The van der Waals surface area contributed by atoms with Crippen molar-refractivity contribution in [2.45, 2.75) is 4.83 Å². The van der Waals surface area contributed by atoms with E-state index in [-0.39, 0.29) is 4.83 Å². The van der Waals surface area contributed by atoms with Crippen molar-refractivity contribution in [3.8, 4) is 5.75 Å². The Balaban J connectivity index is 2.31. The van der Waals surface area contributed by atoms with Crippen molar-refractivity contribution >= 4 is 27.5 Å². The van der Waals surface area contributed by atoms with Crippen LogP contribution in [0.5, 0.6) is 5.75 Å². The third-order valence-electron chi connectivity index (χ3n) is 2.26. The normalized spacial score (nSPS) is 12.4. The first-order chi connectivity index (χ1) is 7.72. The molecule has 2 nitrogen and oxygen atoms in total. The molecule has 2 rings (SSSR count). The van der Waals surface area contributed by atoms with Crippen molar-refractivity contribution in [3.63, 3.8) is 0 Å². The number of furan rings is 1. The summed E-state index contributed by atoms with van der Waals surface area (Å²) >= 11 is 9.62. The number of halogens is 2. The molecular formula is C12H10BrClO2. The molecule has 4 heteroatoms. The number of rotatable bonds is 3. The maximum atomic E-state index is 6.06. The van der Waals surface area contributed by atoms with Crippen LogP contribution in [0.4, 0.5) is 0 Å². The predicted octanol–water partition coefficient (Wildman–Crippen LogP) is 4.43. The van der Waals surface area contributed by atoms with Gasteiger partial charge in [0.25, 0.3) is 0 Å². The highest BCUT2D eigenvalue weighted by molar-refractivity contribution is 9.09. The van der Waals surface area contributed by atoms with Crippen LogP contribution in [0.2, 0.25) is 5.02 Å². The van der Waals surface area contributed by atoms with E-state index in [2.05, 4.69) is 15.9 Å². The summed E-state index contributed by atoms with van der Waals surface area (Å²) in [5.74, 6) is 1.52. The number of alkyl halides is 1. The second-order valence-electron chi connectivity index (χ2n) is 3.27. The highest BCUT2D eigenvalue weighted by Crippen LogP contribution is 2.35. The zero-order chi connectivity index (χ0) is 11.5. The van der Waals surface area contributed by atoms with Gasteiger partial charge >= 0.3 is 0 Å². The summed E-state index contributed by atoms with van der Waals surface area (Å²) in [6, 6.07) is 9.43. The van der Waals surface area contributed by atoms with Gasteiger partial charge in [-0.05, 0) is 29.8 Å². The lowest BCUT2D eigenvalue weighted by Crippen LogP contribution is -1.92. The van der Waals surface area contributed by atoms with E-state index in [0.717, 1.165) is 11.3 Å². The van der Waals surface area contributed by atoms with Crippen LogP contribution in [0, 0.1) is 0 Å². The van der Waals surface area contributed by atoms with Crippen molar-refractivity contribution in [2.75, 3.05) is 7.11 Å². The van der Waals surface area contributed by atoms with Gasteiger partial charge in [-0.15, -0.1) is 0 Å². The van der Waals surface area contributed by atoms with Gasteiger partial charge in [0, 0.05) is 0 Å². The molecule has 0 aliphatic carbocycles. The molecule has 0 saturated carbocycles. The van der Waals surface area contributed by atoms with Gasteiger partial charge in [0.1, 0.15) is 11.5 Å². The van der Waals surface area contributed by atoms with Gasteiger partial charge in [-0.1, -0.05) is 33.6 Å². The van der Waals surface area contributed by atoms with Gasteiger partial charge < -0.3 is 9.15 Å². The molecule has 0 bridgehead atoms. The first-order valence-corrected chi connectivity index (χ1v) is 6.02. The molecule has 0 aliphatic rings. The quantitative estimate of drug-likeness (QED) is 0.783. The third-order valence-corrected chi connectivity index (χ3v) is 3.54. The molecular weight excluding hydrogens is 291 g/mol. The Bertz CT molecular complexity index is 468. The Morgan fingerprint density at radius 2 is 2.19 bits per heavy atom. The lowest BCUT2D eigenvalue weighted by Gasteiger charge is -2.09. The molecule has 2 aromatic rings. The highest BCUT2D eigenvalue weighted by atomic mass is 79.9. The highest BCUT2D eigenvalue weighted by Gasteiger charge is 2.14. The molecule has 1 aromatic heterocycles. The van der Waals surface area contributed by atoms with Gasteiger partial charge in [-0.2, -0.15) is 0 Å². The van der Waals surface area contributed by atoms with E-state index in [1.54, 1.807) is 13.4 Å². The number of hydrogen-bond acceptors (Lipinski definition) is 2. The van der Waals surface area contributed by atoms with E-state index in [1.165, 1.54) is 0 Å². The molecule has 0 fully saturated rings. The van der Waals surface area contributed by atoms with Crippen LogP contribution in [0.3, 0.4) is 0 Å². The van der Waals surface area contributed by atoms with E-state index in [1.807, 2.05) is 30.3 Å². The maximum Gasteiger partial charge on any atom is 0.137 e. The van der Waals surface area contributed by atoms with Crippen LogP contribution in [0.1, 0.15) is 16.2 Å². The van der Waals surface area contributed by atoms with E-state index in [4.69, 9.17) is 20.8 Å². The number of ether oxygens (including phenoxy) is 1. The van der Waals surface area contributed by atoms with E-state index in [0.29, 0.717) is 10.8 Å². The van der Waals surface area contributed by atoms with E-state index < -0.39 is 0 Å². The van der Waals surface area contributed by atoms with Crippen molar-refractivity contribution in [1.82, 2.24) is 0 Å². The van der Waals surface area contributed by atoms with Gasteiger partial charge in [-0.25, -0.2) is 0 Å². The van der Waals surface area contributed by atoms with Crippen molar-refractivity contribution in [1.29, 1.82) is 0 Å². The largest absolute Gasteiger partial charge is 0.495 e. The van der Waals surface area contributed by atoms with Crippen LogP contribution in [0.25, 0.3) is 0 Å². The summed E-state index contributed by atoms with van der Waals surface area (Å²) in [6.07, 6.45) is 1.65. The standard InChI is InChI=1S/C12H10BrClO2/c1-15-10-5-4-8(7-9(10)14)12(13)11-3-2-6-16-11/h2-7,12H,1H3. The second kappa shape index (κ2) is 4.93. The summed E-state index contributed by atoms with van der Waals surface area (Å²) < 4.78 is 10.4. The first kappa shape index (κ1) is 11.6. The molecule has 0 N–H and O–H groups in total. The maximum absolute atomic E-state index is 6.06. The SMILES string of the molecule is COc1ccc(C(Br)c2ccco2)cc1Cl. The molecule has 16 heavy (non-hydrogen) atoms. The van der Waals surface area contributed by atoms with Gasteiger partial charge in [0.2, 0.25) is 0 Å². The van der Waals surface area contributed by atoms with E-state index >= 15 is 0 Å². The fraction of sp³-hybridized carbons (Fsp3) is 0.167. The van der Waals surface area contributed by atoms with Crippen LogP contribution < -0.4 is 4.74 Å². The van der Waals surface area contributed by atoms with Crippen LogP contribution in [-0.2, 0) is 0 Å². The van der Waals surface area contributed by atoms with Crippen molar-refractivity contribution in [2.24, 2.45) is 0 Å². The fourth-order valence-electron chi connectivity index (χ4n) is 1.44. The lowest BCUT2D eigenvalue weighted by atomic mass is 10.1. The average molecular weight is 302 g/mol. The molecule has 0 radical (unpaired) electrons. The van der Waals surface area contributed by atoms with Crippen molar-refractivity contribution < 1.29 is 9.15 Å². The van der Waals surface area contributed by atoms with Crippen LogP contribution in [0.15, 0.2) is 41.0 Å². The Kier molecular flexibility index (Phi) is 3.56. The number of benzene rings is 1. The monoisotopic (exact) mass is 300 g/mol. The predicted molar refractivity (Wildman–Crippen MR) is 67.5 cm³/mol. The van der Waals surface area contributed by atoms with Crippen molar-refractivity contribution in [3.05, 3.63) is 52.9 Å². The summed E-state index contributed by atoms with van der Waals surface area (Å²) in [5.41, 5.74) is 1.03. The Hall–Kier alpha value is -0.930. The number of hydrogen-bond donors (Lipinski definition) is 0. The molecule has 0 saturated heterocycles. The van der Waals surface area contributed by atoms with Crippen LogP contribution >= 0.6 is 27.5 Å². The molecule has 84 valence electrons.